The number of rotatable bonds is 4. The molecule has 0 aliphatic carbocycles. The van der Waals surface area contributed by atoms with Gasteiger partial charge in [-0.05, 0) is 30.3 Å². The molecule has 2 aromatic carbocycles. The van der Waals surface area contributed by atoms with Crippen LogP contribution in [0.2, 0.25) is 0 Å². The second kappa shape index (κ2) is 6.40. The number of hydrogen-bond donors (Lipinski definition) is 0. The molecule has 3 rings (SSSR count). The van der Waals surface area contributed by atoms with Crippen molar-refractivity contribution in [3.05, 3.63) is 66.2 Å². The Hall–Kier alpha value is -3.01. The molecule has 0 saturated carbocycles. The van der Waals surface area contributed by atoms with E-state index in [2.05, 4.69) is 0 Å². The zero-order chi connectivity index (χ0) is 16.2. The van der Waals surface area contributed by atoms with Crippen LogP contribution in [0.25, 0.3) is 22.6 Å². The van der Waals surface area contributed by atoms with Crippen LogP contribution >= 0.6 is 0 Å². The van der Waals surface area contributed by atoms with E-state index in [4.69, 9.17) is 13.9 Å². The Balaban J connectivity index is 1.99. The smallest absolute Gasteiger partial charge is 0.341 e. The average molecular weight is 308 g/mol. The zero-order valence-electron chi connectivity index (χ0n) is 12.9. The van der Waals surface area contributed by atoms with Gasteiger partial charge in [0.1, 0.15) is 22.8 Å². The predicted octanol–water partition coefficient (Wildman–Crippen LogP) is 4.41. The van der Waals surface area contributed by atoms with Gasteiger partial charge in [-0.2, -0.15) is 0 Å². The minimum Gasteiger partial charge on any atom is -0.496 e. The number of hydrogen-bond acceptors (Lipinski definition) is 4. The highest BCUT2D eigenvalue weighted by molar-refractivity contribution is 5.94. The van der Waals surface area contributed by atoms with Crippen molar-refractivity contribution in [2.75, 3.05) is 14.2 Å². The van der Waals surface area contributed by atoms with Gasteiger partial charge in [0.2, 0.25) is 0 Å². The summed E-state index contributed by atoms with van der Waals surface area (Å²) in [6.07, 6.45) is 0. The summed E-state index contributed by atoms with van der Waals surface area (Å²) in [4.78, 5) is 11.9. The van der Waals surface area contributed by atoms with Gasteiger partial charge in [-0.15, -0.1) is 0 Å². The fraction of sp³-hybridized carbons (Fsp3) is 0.105. The van der Waals surface area contributed by atoms with Gasteiger partial charge in [0.25, 0.3) is 0 Å². The Morgan fingerprint density at radius 2 is 1.57 bits per heavy atom. The van der Waals surface area contributed by atoms with Crippen LogP contribution in [-0.2, 0) is 4.74 Å². The molecule has 0 unspecified atom stereocenters. The maximum atomic E-state index is 11.9. The first-order chi connectivity index (χ1) is 11.2. The molecule has 0 saturated heterocycles. The van der Waals surface area contributed by atoms with E-state index in [9.17, 15) is 4.79 Å². The quantitative estimate of drug-likeness (QED) is 0.670. The summed E-state index contributed by atoms with van der Waals surface area (Å²) < 4.78 is 15.9. The maximum absolute atomic E-state index is 11.9. The molecule has 4 heteroatoms. The third kappa shape index (κ3) is 2.97. The Kier molecular flexibility index (Phi) is 4.15. The third-order valence-corrected chi connectivity index (χ3v) is 3.55. The standard InChI is InChI=1S/C19H16O4/c1-21-18-9-8-14(12-15(18)19(20)22-2)17-11-10-16(23-17)13-6-4-3-5-7-13/h3-12H,1-2H3. The monoisotopic (exact) mass is 308 g/mol. The number of methoxy groups -OCH3 is 2. The van der Waals surface area contributed by atoms with Crippen LogP contribution in [-0.4, -0.2) is 20.2 Å². The minimum absolute atomic E-state index is 0.366. The normalized spacial score (nSPS) is 10.3. The van der Waals surface area contributed by atoms with Crippen molar-refractivity contribution in [3.8, 4) is 28.4 Å². The number of benzene rings is 2. The first kappa shape index (κ1) is 14.9. The van der Waals surface area contributed by atoms with Crippen molar-refractivity contribution in [1.82, 2.24) is 0 Å². The molecule has 1 aromatic heterocycles. The van der Waals surface area contributed by atoms with Crippen molar-refractivity contribution in [2.24, 2.45) is 0 Å². The van der Waals surface area contributed by atoms with Gasteiger partial charge in [0.15, 0.2) is 0 Å². The number of carbonyl (C=O) groups excluding carboxylic acids is 1. The van der Waals surface area contributed by atoms with E-state index in [-0.39, 0.29) is 0 Å². The van der Waals surface area contributed by atoms with Gasteiger partial charge < -0.3 is 13.9 Å². The van der Waals surface area contributed by atoms with Crippen LogP contribution in [0.1, 0.15) is 10.4 Å². The number of furan rings is 1. The minimum atomic E-state index is -0.446. The van der Waals surface area contributed by atoms with E-state index in [1.54, 1.807) is 12.1 Å². The second-order valence-electron chi connectivity index (χ2n) is 4.94. The highest BCUT2D eigenvalue weighted by Crippen LogP contribution is 2.31. The molecule has 0 atom stereocenters. The molecular formula is C19H16O4. The average Bonchev–Trinajstić information content (AvgIpc) is 3.11. The predicted molar refractivity (Wildman–Crippen MR) is 87.5 cm³/mol. The maximum Gasteiger partial charge on any atom is 0.341 e. The zero-order valence-corrected chi connectivity index (χ0v) is 12.9. The third-order valence-electron chi connectivity index (χ3n) is 3.55. The van der Waals surface area contributed by atoms with Crippen LogP contribution < -0.4 is 4.74 Å². The fourth-order valence-corrected chi connectivity index (χ4v) is 2.38. The van der Waals surface area contributed by atoms with E-state index in [1.807, 2.05) is 48.5 Å². The molecule has 0 aliphatic rings. The molecule has 0 N–H and O–H groups in total. The van der Waals surface area contributed by atoms with Gasteiger partial charge in [0.05, 0.1) is 14.2 Å². The van der Waals surface area contributed by atoms with Gasteiger partial charge >= 0.3 is 5.97 Å². The van der Waals surface area contributed by atoms with Gasteiger partial charge in [0, 0.05) is 11.1 Å². The second-order valence-corrected chi connectivity index (χ2v) is 4.94. The van der Waals surface area contributed by atoms with Crippen molar-refractivity contribution < 1.29 is 18.7 Å². The summed E-state index contributed by atoms with van der Waals surface area (Å²) in [5, 5.41) is 0. The number of carbonyl (C=O) groups is 1. The van der Waals surface area contributed by atoms with Crippen LogP contribution in [0, 0.1) is 0 Å². The summed E-state index contributed by atoms with van der Waals surface area (Å²) in [7, 11) is 2.86. The topological polar surface area (TPSA) is 48.7 Å². The van der Waals surface area contributed by atoms with E-state index in [1.165, 1.54) is 14.2 Å². The largest absolute Gasteiger partial charge is 0.496 e. The number of ether oxygens (including phenoxy) is 2. The molecule has 1 heterocycles. The lowest BCUT2D eigenvalue weighted by molar-refractivity contribution is 0.0597. The molecule has 0 spiro atoms. The molecule has 0 aliphatic heterocycles. The molecule has 4 nitrogen and oxygen atoms in total. The molecule has 116 valence electrons. The Morgan fingerprint density at radius 3 is 2.22 bits per heavy atom. The Morgan fingerprint density at radius 1 is 0.870 bits per heavy atom. The fourth-order valence-electron chi connectivity index (χ4n) is 2.38. The Bertz CT molecular complexity index is 818. The summed E-state index contributed by atoms with van der Waals surface area (Å²) >= 11 is 0. The molecule has 3 aromatic rings. The van der Waals surface area contributed by atoms with Gasteiger partial charge in [-0.25, -0.2) is 4.79 Å². The van der Waals surface area contributed by atoms with E-state index < -0.39 is 5.97 Å². The molecular weight excluding hydrogens is 292 g/mol. The lowest BCUT2D eigenvalue weighted by atomic mass is 10.1. The van der Waals surface area contributed by atoms with E-state index in [0.717, 1.165) is 16.9 Å². The molecule has 0 bridgehead atoms. The highest BCUT2D eigenvalue weighted by Gasteiger charge is 2.15. The first-order valence-electron chi connectivity index (χ1n) is 7.15. The van der Waals surface area contributed by atoms with Crippen molar-refractivity contribution >= 4 is 5.97 Å². The molecule has 0 radical (unpaired) electrons. The Labute approximate surface area is 134 Å². The van der Waals surface area contributed by atoms with Crippen LogP contribution in [0.4, 0.5) is 0 Å². The van der Waals surface area contributed by atoms with Crippen LogP contribution in [0.5, 0.6) is 5.75 Å². The molecule has 0 fully saturated rings. The van der Waals surface area contributed by atoms with Gasteiger partial charge in [-0.3, -0.25) is 0 Å². The van der Waals surface area contributed by atoms with Crippen molar-refractivity contribution in [3.63, 3.8) is 0 Å². The number of esters is 1. The molecule has 0 amide bonds. The van der Waals surface area contributed by atoms with E-state index in [0.29, 0.717) is 17.1 Å². The highest BCUT2D eigenvalue weighted by atomic mass is 16.5. The van der Waals surface area contributed by atoms with Crippen LogP contribution in [0.15, 0.2) is 65.1 Å². The van der Waals surface area contributed by atoms with Gasteiger partial charge in [-0.1, -0.05) is 30.3 Å². The van der Waals surface area contributed by atoms with Crippen molar-refractivity contribution in [2.45, 2.75) is 0 Å². The lowest BCUT2D eigenvalue weighted by Crippen LogP contribution is -2.04. The summed E-state index contributed by atoms with van der Waals surface area (Å²) in [5.41, 5.74) is 2.15. The summed E-state index contributed by atoms with van der Waals surface area (Å²) in [5.74, 6) is 1.47. The first-order valence-corrected chi connectivity index (χ1v) is 7.15. The summed E-state index contributed by atoms with van der Waals surface area (Å²) in [6.45, 7) is 0. The summed E-state index contributed by atoms with van der Waals surface area (Å²) in [6, 6.07) is 18.9. The molecule has 23 heavy (non-hydrogen) atoms. The van der Waals surface area contributed by atoms with Crippen molar-refractivity contribution in [1.29, 1.82) is 0 Å². The van der Waals surface area contributed by atoms with E-state index >= 15 is 0 Å². The SMILES string of the molecule is COC(=O)c1cc(-c2ccc(-c3ccccc3)o2)ccc1OC. The lowest BCUT2D eigenvalue weighted by Gasteiger charge is -2.08. The van der Waals surface area contributed by atoms with Crippen LogP contribution in [0.3, 0.4) is 0 Å².